The molecule has 2 aromatic carbocycles. The van der Waals surface area contributed by atoms with E-state index in [1.54, 1.807) is 62.4 Å². The van der Waals surface area contributed by atoms with Gasteiger partial charge in [-0.3, -0.25) is 9.59 Å². The minimum absolute atomic E-state index is 0.360. The van der Waals surface area contributed by atoms with Crippen LogP contribution in [-0.2, 0) is 0 Å². The zero-order valence-corrected chi connectivity index (χ0v) is 20.9. The van der Waals surface area contributed by atoms with Crippen LogP contribution < -0.4 is 10.6 Å². The van der Waals surface area contributed by atoms with Gasteiger partial charge in [0.15, 0.2) is 0 Å². The van der Waals surface area contributed by atoms with Gasteiger partial charge in [-0.2, -0.15) is 0 Å². The van der Waals surface area contributed by atoms with Crippen molar-refractivity contribution in [3.05, 3.63) is 59.7 Å². The maximum Gasteiger partial charge on any atom is 0.253 e. The Morgan fingerprint density at radius 1 is 0.676 bits per heavy atom. The Morgan fingerprint density at radius 3 is 1.29 bits per heavy atom. The molecule has 2 aromatic rings. The number of aliphatic hydroxyl groups is 4. The van der Waals surface area contributed by atoms with Crippen molar-refractivity contribution in [3.8, 4) is 0 Å². The van der Waals surface area contributed by atoms with E-state index in [0.29, 0.717) is 33.8 Å². The first-order valence-electron chi connectivity index (χ1n) is 10.9. The van der Waals surface area contributed by atoms with Crippen LogP contribution in [0.1, 0.15) is 47.4 Å². The van der Waals surface area contributed by atoms with E-state index in [4.69, 9.17) is 0 Å². The number of carbonyl (C=O) groups excluding carboxylic acids is 2. The monoisotopic (exact) mass is 508 g/mol. The average Bonchev–Trinajstić information content (AvgIpc) is 2.89. The number of benzene rings is 2. The maximum absolute atomic E-state index is 12.9. The van der Waals surface area contributed by atoms with Crippen LogP contribution in [0.15, 0.2) is 58.3 Å². The molecular formula is C24H32N2O6S2. The topological polar surface area (TPSA) is 139 Å². The van der Waals surface area contributed by atoms with E-state index in [9.17, 15) is 30.0 Å². The van der Waals surface area contributed by atoms with Crippen LogP contribution in [-0.4, -0.2) is 69.7 Å². The molecule has 0 unspecified atom stereocenters. The van der Waals surface area contributed by atoms with E-state index in [1.807, 2.05) is 0 Å². The van der Waals surface area contributed by atoms with E-state index >= 15 is 0 Å². The summed E-state index contributed by atoms with van der Waals surface area (Å²) < 4.78 is 0. The molecule has 2 amide bonds. The van der Waals surface area contributed by atoms with Gasteiger partial charge in [0.2, 0.25) is 0 Å². The van der Waals surface area contributed by atoms with Gasteiger partial charge < -0.3 is 31.1 Å². The Morgan fingerprint density at radius 2 is 1.00 bits per heavy atom. The van der Waals surface area contributed by atoms with Gasteiger partial charge in [0.1, 0.15) is 0 Å². The number of carbonyl (C=O) groups is 2. The number of hydrogen-bond acceptors (Lipinski definition) is 8. The molecule has 8 nitrogen and oxygen atoms in total. The zero-order valence-electron chi connectivity index (χ0n) is 19.3. The van der Waals surface area contributed by atoms with Crippen molar-refractivity contribution in [3.63, 3.8) is 0 Å². The summed E-state index contributed by atoms with van der Waals surface area (Å²) in [5.41, 5.74) is -1.46. The third-order valence-corrected chi connectivity index (χ3v) is 8.29. The average molecular weight is 509 g/mol. The predicted octanol–water partition coefficient (Wildman–Crippen LogP) is 2.21. The predicted molar refractivity (Wildman–Crippen MR) is 134 cm³/mol. The van der Waals surface area contributed by atoms with Gasteiger partial charge in [-0.15, -0.1) is 0 Å². The molecule has 186 valence electrons. The minimum atomic E-state index is -1.11. The number of amides is 2. The van der Waals surface area contributed by atoms with E-state index < -0.39 is 22.9 Å². The number of rotatable bonds is 13. The fraction of sp³-hybridized carbons (Fsp3) is 0.417. The first kappa shape index (κ1) is 28.2. The lowest BCUT2D eigenvalue weighted by Gasteiger charge is -2.30. The van der Waals surface area contributed by atoms with E-state index in [2.05, 4.69) is 10.6 Å². The molecule has 0 radical (unpaired) electrons. The summed E-state index contributed by atoms with van der Waals surface area (Å²) in [7, 11) is 2.59. The van der Waals surface area contributed by atoms with Crippen LogP contribution in [0.2, 0.25) is 0 Å². The molecule has 2 rings (SSSR count). The Hall–Kier alpha value is -2.08. The summed E-state index contributed by atoms with van der Waals surface area (Å²) in [6.45, 7) is 1.98. The summed E-state index contributed by atoms with van der Waals surface area (Å²) in [5, 5.41) is 44.1. The molecule has 0 bridgehead atoms. The normalized spacial score (nSPS) is 11.8. The third kappa shape index (κ3) is 6.74. The quantitative estimate of drug-likeness (QED) is 0.227. The Balaban J connectivity index is 2.23. The second-order valence-corrected chi connectivity index (χ2v) is 10.2. The molecule has 0 aromatic heterocycles. The highest BCUT2D eigenvalue weighted by Crippen LogP contribution is 2.40. The summed E-state index contributed by atoms with van der Waals surface area (Å²) in [4.78, 5) is 27.2. The van der Waals surface area contributed by atoms with E-state index in [1.165, 1.54) is 21.6 Å². The summed E-state index contributed by atoms with van der Waals surface area (Å²) in [6.07, 6.45) is 0.721. The lowest BCUT2D eigenvalue weighted by atomic mass is 9.98. The van der Waals surface area contributed by atoms with Crippen molar-refractivity contribution in [2.45, 2.75) is 47.6 Å². The highest BCUT2D eigenvalue weighted by Gasteiger charge is 2.31. The van der Waals surface area contributed by atoms with E-state index in [0.717, 1.165) is 0 Å². The maximum atomic E-state index is 12.9. The van der Waals surface area contributed by atoms with Crippen LogP contribution in [0.4, 0.5) is 0 Å². The van der Waals surface area contributed by atoms with Crippen LogP contribution in [0, 0.1) is 0 Å². The number of hydrogen-bond donors (Lipinski definition) is 6. The van der Waals surface area contributed by atoms with Crippen LogP contribution in [0.25, 0.3) is 0 Å². The molecule has 34 heavy (non-hydrogen) atoms. The largest absolute Gasteiger partial charge is 0.394 e. The molecule has 6 N–H and O–H groups in total. The molecule has 0 aliphatic heterocycles. The van der Waals surface area contributed by atoms with Crippen LogP contribution in [0.5, 0.6) is 0 Å². The molecule has 10 heteroatoms. The second-order valence-electron chi connectivity index (χ2n) is 7.97. The van der Waals surface area contributed by atoms with E-state index in [-0.39, 0.29) is 26.4 Å². The molecular weight excluding hydrogens is 476 g/mol. The molecule has 0 aliphatic carbocycles. The second kappa shape index (κ2) is 13.1. The number of aliphatic hydroxyl groups excluding tert-OH is 4. The zero-order chi connectivity index (χ0) is 25.2. The highest BCUT2D eigenvalue weighted by atomic mass is 33.1. The first-order chi connectivity index (χ1) is 16.3. The summed E-state index contributed by atoms with van der Waals surface area (Å²) in [6, 6.07) is 13.9. The van der Waals surface area contributed by atoms with Gasteiger partial charge in [-0.25, -0.2) is 0 Å². The Labute approximate surface area is 207 Å². The van der Waals surface area contributed by atoms with Gasteiger partial charge in [0.25, 0.3) is 11.8 Å². The highest BCUT2D eigenvalue weighted by molar-refractivity contribution is 8.76. The van der Waals surface area contributed by atoms with Gasteiger partial charge in [-0.05, 0) is 37.1 Å². The fourth-order valence-corrected chi connectivity index (χ4v) is 5.40. The van der Waals surface area contributed by atoms with Gasteiger partial charge in [-0.1, -0.05) is 59.7 Å². The van der Waals surface area contributed by atoms with Gasteiger partial charge >= 0.3 is 0 Å². The molecule has 0 saturated carbocycles. The van der Waals surface area contributed by atoms with Crippen LogP contribution >= 0.6 is 21.6 Å². The smallest absolute Gasteiger partial charge is 0.253 e. The van der Waals surface area contributed by atoms with Gasteiger partial charge in [0, 0.05) is 9.79 Å². The Bertz CT molecular complexity index is 870. The molecule has 0 saturated heterocycles. The molecule has 0 atom stereocenters. The van der Waals surface area contributed by atoms with Gasteiger partial charge in [0.05, 0.1) is 48.6 Å². The van der Waals surface area contributed by atoms with Crippen molar-refractivity contribution in [1.82, 2.24) is 10.6 Å². The molecule has 0 spiro atoms. The third-order valence-electron chi connectivity index (χ3n) is 5.81. The number of nitrogens with one attached hydrogen (secondary N) is 2. The lowest BCUT2D eigenvalue weighted by molar-refractivity contribution is 0.0648. The molecule has 0 aliphatic rings. The first-order valence-corrected chi connectivity index (χ1v) is 13.1. The van der Waals surface area contributed by atoms with Crippen molar-refractivity contribution in [1.29, 1.82) is 0 Å². The van der Waals surface area contributed by atoms with Crippen molar-refractivity contribution in [2.24, 2.45) is 0 Å². The summed E-state index contributed by atoms with van der Waals surface area (Å²) in [5.74, 6) is -0.836. The van der Waals surface area contributed by atoms with Crippen molar-refractivity contribution >= 4 is 33.4 Å². The molecule has 0 fully saturated rings. The van der Waals surface area contributed by atoms with Crippen molar-refractivity contribution in [2.75, 3.05) is 26.4 Å². The standard InChI is InChI=1S/C24H32N2O6S2/c1-3-23(13-27,14-28)25-21(31)17-9-5-7-11-19(17)33-34-20-12-8-6-10-18(20)22(32)26-24(4-2,15-29)16-30/h5-12,27-30H,3-4,13-16H2,1-2H3,(H,25,31)(H,26,32). The Kier molecular flexibility index (Phi) is 10.9. The lowest BCUT2D eigenvalue weighted by Crippen LogP contribution is -2.53. The molecule has 0 heterocycles. The SMILES string of the molecule is CCC(CO)(CO)NC(=O)c1ccccc1SSc1ccccc1C(=O)NC(CC)(CO)CO. The minimum Gasteiger partial charge on any atom is -0.394 e. The summed E-state index contributed by atoms with van der Waals surface area (Å²) >= 11 is 0. The van der Waals surface area contributed by atoms with Crippen LogP contribution in [0.3, 0.4) is 0 Å². The van der Waals surface area contributed by atoms with Crippen molar-refractivity contribution < 1.29 is 30.0 Å². The fourth-order valence-electron chi connectivity index (χ4n) is 3.04.